The fraction of sp³-hybridized carbons (Fsp3) is 0.357. The van der Waals surface area contributed by atoms with Crippen molar-refractivity contribution in [2.45, 2.75) is 18.8 Å². The number of H-pyrrole nitrogens is 1. The van der Waals surface area contributed by atoms with Crippen molar-refractivity contribution in [2.75, 3.05) is 18.5 Å². The van der Waals surface area contributed by atoms with Crippen LogP contribution in [0.2, 0.25) is 0 Å². The number of rotatable bonds is 3. The monoisotopic (exact) mass is 290 g/mol. The number of nitrogens with one attached hydrogen (secondary N) is 2. The van der Waals surface area contributed by atoms with E-state index in [0.29, 0.717) is 11.7 Å². The number of hydrogen-bond donors (Lipinski definition) is 2. The Labute approximate surface area is 120 Å². The minimum absolute atomic E-state index is 0.207. The molecule has 110 valence electrons. The molecule has 0 atom stereocenters. The Kier molecular flexibility index (Phi) is 3.92. The Morgan fingerprint density at radius 2 is 2.19 bits per heavy atom. The zero-order valence-electron chi connectivity index (χ0n) is 11.3. The third-order valence-electron chi connectivity index (χ3n) is 3.49. The van der Waals surface area contributed by atoms with Crippen LogP contribution in [0.4, 0.5) is 10.2 Å². The van der Waals surface area contributed by atoms with Gasteiger partial charge in [0, 0.05) is 48.7 Å². The molecule has 1 fully saturated rings. The van der Waals surface area contributed by atoms with Gasteiger partial charge in [-0.3, -0.25) is 9.89 Å². The fourth-order valence-corrected chi connectivity index (χ4v) is 2.35. The molecule has 0 unspecified atom stereocenters. The lowest BCUT2D eigenvalue weighted by Gasteiger charge is -2.20. The Balaban J connectivity index is 1.68. The van der Waals surface area contributed by atoms with Crippen molar-refractivity contribution >= 4 is 11.7 Å². The molecule has 2 N–H and O–H groups in total. The summed E-state index contributed by atoms with van der Waals surface area (Å²) in [7, 11) is 0. The Morgan fingerprint density at radius 3 is 2.95 bits per heavy atom. The summed E-state index contributed by atoms with van der Waals surface area (Å²) in [4.78, 5) is 15.4. The number of aromatic nitrogens is 3. The Bertz CT molecular complexity index is 637. The van der Waals surface area contributed by atoms with Crippen molar-refractivity contribution in [2.24, 2.45) is 0 Å². The SMILES string of the molecule is O=C(Nc1cc(C2CCOCC2)[nH]n1)c1ccnc(F)c1. The molecule has 3 heterocycles. The van der Waals surface area contributed by atoms with Crippen LogP contribution < -0.4 is 5.32 Å². The molecule has 2 aromatic rings. The summed E-state index contributed by atoms with van der Waals surface area (Å²) in [6.07, 6.45) is 3.12. The minimum atomic E-state index is -0.687. The second-order valence-corrected chi connectivity index (χ2v) is 4.92. The van der Waals surface area contributed by atoms with Gasteiger partial charge in [0.2, 0.25) is 5.95 Å². The molecule has 2 aromatic heterocycles. The molecule has 7 heteroatoms. The van der Waals surface area contributed by atoms with E-state index in [9.17, 15) is 9.18 Å². The van der Waals surface area contributed by atoms with E-state index in [1.807, 2.05) is 6.07 Å². The van der Waals surface area contributed by atoms with Crippen LogP contribution in [0.25, 0.3) is 0 Å². The minimum Gasteiger partial charge on any atom is -0.381 e. The molecule has 0 bridgehead atoms. The Hall–Kier alpha value is -2.28. The van der Waals surface area contributed by atoms with Crippen molar-refractivity contribution in [1.29, 1.82) is 0 Å². The molecular weight excluding hydrogens is 275 g/mol. The molecule has 1 amide bonds. The normalized spacial score (nSPS) is 15.9. The maximum atomic E-state index is 13.0. The molecule has 0 aromatic carbocycles. The smallest absolute Gasteiger partial charge is 0.257 e. The fourth-order valence-electron chi connectivity index (χ4n) is 2.35. The molecule has 0 spiro atoms. The molecule has 0 aliphatic carbocycles. The van der Waals surface area contributed by atoms with Crippen LogP contribution in [0.15, 0.2) is 24.4 Å². The van der Waals surface area contributed by atoms with E-state index in [1.54, 1.807) is 0 Å². The zero-order valence-corrected chi connectivity index (χ0v) is 11.3. The quantitative estimate of drug-likeness (QED) is 0.848. The summed E-state index contributed by atoms with van der Waals surface area (Å²) >= 11 is 0. The predicted molar refractivity (Wildman–Crippen MR) is 73.5 cm³/mol. The first-order valence-corrected chi connectivity index (χ1v) is 6.78. The second-order valence-electron chi connectivity index (χ2n) is 4.92. The first kappa shape index (κ1) is 13.7. The number of carbonyl (C=O) groups is 1. The highest BCUT2D eigenvalue weighted by atomic mass is 19.1. The number of aromatic amines is 1. The lowest BCUT2D eigenvalue weighted by atomic mass is 9.97. The second kappa shape index (κ2) is 6.01. The molecule has 0 saturated carbocycles. The van der Waals surface area contributed by atoms with Crippen molar-refractivity contribution in [3.63, 3.8) is 0 Å². The van der Waals surface area contributed by atoms with Crippen LogP contribution in [0, 0.1) is 5.95 Å². The van der Waals surface area contributed by atoms with Crippen LogP contribution in [0.3, 0.4) is 0 Å². The Morgan fingerprint density at radius 1 is 1.38 bits per heavy atom. The average Bonchev–Trinajstić information content (AvgIpc) is 2.97. The average molecular weight is 290 g/mol. The molecular formula is C14H15FN4O2. The van der Waals surface area contributed by atoms with Gasteiger partial charge in [-0.05, 0) is 18.9 Å². The van der Waals surface area contributed by atoms with E-state index >= 15 is 0 Å². The number of pyridine rings is 1. The van der Waals surface area contributed by atoms with Gasteiger partial charge in [0.05, 0.1) is 0 Å². The van der Waals surface area contributed by atoms with Crippen molar-refractivity contribution in [3.05, 3.63) is 41.6 Å². The van der Waals surface area contributed by atoms with E-state index in [0.717, 1.165) is 37.8 Å². The summed E-state index contributed by atoms with van der Waals surface area (Å²) in [5.74, 6) is -0.303. The van der Waals surface area contributed by atoms with E-state index in [4.69, 9.17) is 4.74 Å². The standard InChI is InChI=1S/C14H15FN4O2/c15-12-7-10(1-4-16-12)14(20)17-13-8-11(18-19-13)9-2-5-21-6-3-9/h1,4,7-9H,2-3,5-6H2,(H2,17,18,19,20). The van der Waals surface area contributed by atoms with Gasteiger partial charge < -0.3 is 10.1 Å². The zero-order chi connectivity index (χ0) is 14.7. The first-order valence-electron chi connectivity index (χ1n) is 6.78. The number of amides is 1. The van der Waals surface area contributed by atoms with Crippen molar-refractivity contribution < 1.29 is 13.9 Å². The van der Waals surface area contributed by atoms with Crippen molar-refractivity contribution in [1.82, 2.24) is 15.2 Å². The lowest BCUT2D eigenvalue weighted by Crippen LogP contribution is -2.14. The van der Waals surface area contributed by atoms with Gasteiger partial charge in [-0.15, -0.1) is 0 Å². The van der Waals surface area contributed by atoms with E-state index in [-0.39, 0.29) is 5.56 Å². The summed E-state index contributed by atoms with van der Waals surface area (Å²) < 4.78 is 18.3. The highest BCUT2D eigenvalue weighted by Gasteiger charge is 2.18. The highest BCUT2D eigenvalue weighted by molar-refractivity contribution is 6.03. The van der Waals surface area contributed by atoms with Crippen LogP contribution >= 0.6 is 0 Å². The van der Waals surface area contributed by atoms with Crippen LogP contribution in [0.1, 0.15) is 34.8 Å². The van der Waals surface area contributed by atoms with Crippen LogP contribution in [-0.2, 0) is 4.74 Å². The van der Waals surface area contributed by atoms with E-state index in [2.05, 4.69) is 20.5 Å². The largest absolute Gasteiger partial charge is 0.381 e. The van der Waals surface area contributed by atoms with E-state index in [1.165, 1.54) is 12.3 Å². The topological polar surface area (TPSA) is 79.9 Å². The maximum absolute atomic E-state index is 13.0. The molecule has 1 saturated heterocycles. The predicted octanol–water partition coefficient (Wildman–Crippen LogP) is 2.09. The molecule has 6 nitrogen and oxygen atoms in total. The molecule has 0 radical (unpaired) electrons. The molecule has 3 rings (SSSR count). The molecule has 1 aliphatic rings. The summed E-state index contributed by atoms with van der Waals surface area (Å²) in [5.41, 5.74) is 1.19. The van der Waals surface area contributed by atoms with Gasteiger partial charge >= 0.3 is 0 Å². The number of hydrogen-bond acceptors (Lipinski definition) is 4. The molecule has 21 heavy (non-hydrogen) atoms. The lowest BCUT2D eigenvalue weighted by molar-refractivity contribution is 0.0845. The van der Waals surface area contributed by atoms with Gasteiger partial charge in [-0.2, -0.15) is 9.49 Å². The summed E-state index contributed by atoms with van der Waals surface area (Å²) in [6.45, 7) is 1.48. The summed E-state index contributed by atoms with van der Waals surface area (Å²) in [6, 6.07) is 4.34. The third-order valence-corrected chi connectivity index (χ3v) is 3.49. The number of carbonyl (C=O) groups excluding carboxylic acids is 1. The van der Waals surface area contributed by atoms with Gasteiger partial charge in [0.25, 0.3) is 5.91 Å². The van der Waals surface area contributed by atoms with E-state index < -0.39 is 11.9 Å². The number of halogens is 1. The molecule has 1 aliphatic heterocycles. The van der Waals surface area contributed by atoms with Crippen LogP contribution in [-0.4, -0.2) is 34.3 Å². The third kappa shape index (κ3) is 3.25. The van der Waals surface area contributed by atoms with Crippen molar-refractivity contribution in [3.8, 4) is 0 Å². The number of ether oxygens (including phenoxy) is 1. The number of nitrogens with zero attached hydrogens (tertiary/aromatic N) is 2. The maximum Gasteiger partial charge on any atom is 0.257 e. The van der Waals surface area contributed by atoms with Gasteiger partial charge in [0.15, 0.2) is 5.82 Å². The number of anilines is 1. The highest BCUT2D eigenvalue weighted by Crippen LogP contribution is 2.26. The first-order chi connectivity index (χ1) is 10.2. The van der Waals surface area contributed by atoms with Gasteiger partial charge in [-0.1, -0.05) is 0 Å². The summed E-state index contributed by atoms with van der Waals surface area (Å²) in [5, 5.41) is 9.65. The van der Waals surface area contributed by atoms with Crippen LogP contribution in [0.5, 0.6) is 0 Å². The van der Waals surface area contributed by atoms with Gasteiger partial charge in [0.1, 0.15) is 0 Å². The van der Waals surface area contributed by atoms with Gasteiger partial charge in [-0.25, -0.2) is 4.98 Å².